The van der Waals surface area contributed by atoms with E-state index in [4.69, 9.17) is 5.73 Å². The second kappa shape index (κ2) is 12.9. The second-order valence-electron chi connectivity index (χ2n) is 9.47. The number of aryl methyl sites for hydroxylation is 1. The molecule has 2 aliphatic rings. The Kier molecular flexibility index (Phi) is 9.02. The fourth-order valence-corrected chi connectivity index (χ4v) is 7.82. The number of hydrogen-bond donors (Lipinski definition) is 6. The number of urea groups is 1. The van der Waals surface area contributed by atoms with Crippen LogP contribution in [0.5, 0.6) is 0 Å². The maximum Gasteiger partial charge on any atom is 0.352 e. The summed E-state index contributed by atoms with van der Waals surface area (Å²) in [7, 11) is 0. The van der Waals surface area contributed by atoms with Gasteiger partial charge in [-0.2, -0.15) is 0 Å². The van der Waals surface area contributed by atoms with Gasteiger partial charge in [-0.15, -0.1) is 22.0 Å². The number of amides is 5. The van der Waals surface area contributed by atoms with Gasteiger partial charge in [0.05, 0.1) is 0 Å². The highest BCUT2D eigenvalue weighted by molar-refractivity contribution is 8.01. The number of primary amides is 1. The van der Waals surface area contributed by atoms with Gasteiger partial charge in [-0.25, -0.2) is 9.59 Å². The van der Waals surface area contributed by atoms with E-state index < -0.39 is 52.6 Å². The second-order valence-corrected chi connectivity index (χ2v) is 13.0. The molecule has 1 aromatic carbocycles. The molecule has 0 aliphatic carbocycles. The maximum atomic E-state index is 13.6. The summed E-state index contributed by atoms with van der Waals surface area (Å²) in [6.07, 6.45) is 2.55. The zero-order valence-corrected chi connectivity index (χ0v) is 25.2. The molecule has 5 rings (SSSR count). The van der Waals surface area contributed by atoms with Crippen LogP contribution in [0.15, 0.2) is 63.1 Å². The van der Waals surface area contributed by atoms with Crippen molar-refractivity contribution in [3.05, 3.63) is 80.4 Å². The van der Waals surface area contributed by atoms with Gasteiger partial charge in [-0.05, 0) is 30.2 Å². The number of hydrogen-bond acceptors (Lipinski definition) is 11. The molecular weight excluding hydrogens is 633 g/mol. The quantitative estimate of drug-likeness (QED) is 0.133. The van der Waals surface area contributed by atoms with Crippen molar-refractivity contribution in [2.24, 2.45) is 5.73 Å². The lowest BCUT2D eigenvalue weighted by molar-refractivity contribution is -0.151. The molecule has 7 N–H and O–H groups in total. The lowest BCUT2D eigenvalue weighted by atomic mass is 10.0. The van der Waals surface area contributed by atoms with Gasteiger partial charge in [0.2, 0.25) is 5.91 Å². The summed E-state index contributed by atoms with van der Waals surface area (Å²) in [6.45, 7) is 1.81. The number of nitrogens with one attached hydrogen (secondary N) is 4. The molecule has 228 valence electrons. The van der Waals surface area contributed by atoms with Crippen LogP contribution in [0.2, 0.25) is 0 Å². The number of aromatic nitrogens is 3. The number of benzene rings is 1. The third-order valence-corrected chi connectivity index (χ3v) is 9.94. The molecule has 0 bridgehead atoms. The number of carboxylic acid groups (broad SMARTS) is 1. The summed E-state index contributed by atoms with van der Waals surface area (Å²) < 4.78 is 0.677. The van der Waals surface area contributed by atoms with Gasteiger partial charge in [0, 0.05) is 35.7 Å². The highest BCUT2D eigenvalue weighted by atomic mass is 32.2. The van der Waals surface area contributed by atoms with Crippen molar-refractivity contribution in [3.8, 4) is 0 Å². The Morgan fingerprint density at radius 2 is 1.93 bits per heavy atom. The molecule has 3 atom stereocenters. The minimum absolute atomic E-state index is 0.135. The molecule has 2 unspecified atom stereocenters. The Balaban J connectivity index is 1.35. The summed E-state index contributed by atoms with van der Waals surface area (Å²) in [5.41, 5.74) is 5.35. The van der Waals surface area contributed by atoms with E-state index in [1.807, 2.05) is 6.92 Å². The average Bonchev–Trinajstić information content (AvgIpc) is 3.41. The van der Waals surface area contributed by atoms with Gasteiger partial charge in [0.25, 0.3) is 11.8 Å². The number of carbonyl (C=O) groups excluding carboxylic acids is 4. The summed E-state index contributed by atoms with van der Waals surface area (Å²) in [4.78, 5) is 79.3. The van der Waals surface area contributed by atoms with E-state index in [1.54, 1.807) is 0 Å². The smallest absolute Gasteiger partial charge is 0.352 e. The summed E-state index contributed by atoms with van der Waals surface area (Å²) in [5.74, 6) is -2.89. The number of H-pyrrole nitrogens is 1. The molecule has 2 aromatic heterocycles. The molecule has 1 fully saturated rings. The third-order valence-electron chi connectivity index (χ3n) is 6.54. The number of carboxylic acids is 1. The molecule has 4 heterocycles. The molecule has 15 nitrogen and oxygen atoms in total. The number of pyridine rings is 1. The third kappa shape index (κ3) is 6.46. The van der Waals surface area contributed by atoms with Crippen LogP contribution in [0.4, 0.5) is 10.5 Å². The van der Waals surface area contributed by atoms with E-state index >= 15 is 0 Å². The molecular formula is C26H24N8O7S3. The maximum absolute atomic E-state index is 13.6. The molecule has 1 saturated heterocycles. The topological polar surface area (TPSA) is 230 Å². The predicted octanol–water partition coefficient (Wildman–Crippen LogP) is 1.03. The zero-order valence-electron chi connectivity index (χ0n) is 22.7. The monoisotopic (exact) mass is 656 g/mol. The first-order valence-corrected chi connectivity index (χ1v) is 15.7. The lowest BCUT2D eigenvalue weighted by Crippen LogP contribution is -2.71. The highest BCUT2D eigenvalue weighted by Crippen LogP contribution is 2.42. The Hall–Kier alpha value is -4.68. The van der Waals surface area contributed by atoms with Gasteiger partial charge in [0.15, 0.2) is 9.77 Å². The number of thioether (sulfide) groups is 2. The largest absolute Gasteiger partial charge is 0.477 e. The Bertz CT molecular complexity index is 1740. The van der Waals surface area contributed by atoms with Gasteiger partial charge in [-0.3, -0.25) is 24.1 Å². The first-order valence-electron chi connectivity index (χ1n) is 12.8. The van der Waals surface area contributed by atoms with Gasteiger partial charge < -0.3 is 31.8 Å². The average molecular weight is 657 g/mol. The summed E-state index contributed by atoms with van der Waals surface area (Å²) in [5, 5.41) is 25.6. The van der Waals surface area contributed by atoms with E-state index in [1.165, 1.54) is 71.5 Å². The van der Waals surface area contributed by atoms with Crippen molar-refractivity contribution in [2.45, 2.75) is 28.7 Å². The fraction of sp³-hybridized carbons (Fsp3) is 0.231. The minimum atomic E-state index is -1.36. The van der Waals surface area contributed by atoms with Crippen LogP contribution in [0.1, 0.15) is 27.0 Å². The fourth-order valence-electron chi connectivity index (χ4n) is 4.52. The number of anilines is 1. The van der Waals surface area contributed by atoms with Crippen LogP contribution in [-0.4, -0.2) is 77.8 Å². The molecule has 2 aliphatic heterocycles. The molecule has 0 radical (unpaired) electrons. The van der Waals surface area contributed by atoms with Crippen LogP contribution in [0.3, 0.4) is 0 Å². The summed E-state index contributed by atoms with van der Waals surface area (Å²) in [6, 6.07) is 3.77. The van der Waals surface area contributed by atoms with Crippen molar-refractivity contribution in [3.63, 3.8) is 0 Å². The molecule has 5 amide bonds. The standard InChI is InChI=1S/C26H24N8O7S3/c1-11-32-33-26(44-11)43-10-13-9-42-23-18(22(38)34(23)19(13)24(39)40)31-21(37)17(12-2-4-14(5-3-12)29-25(27)41)30-20(36)15-8-28-7-6-16(15)35/h2-8,17-18,23H,9-10H2,1H3,(H,28,35)(H,30,36)(H,31,37)(H,39,40)(H3,27,29,41)/t17?,18?,23-/m0/s1. The van der Waals surface area contributed by atoms with Crippen molar-refractivity contribution >= 4 is 70.3 Å². The zero-order chi connectivity index (χ0) is 31.5. The van der Waals surface area contributed by atoms with E-state index in [2.05, 4.69) is 31.1 Å². The normalized spacial score (nSPS) is 18.1. The minimum Gasteiger partial charge on any atom is -0.477 e. The van der Waals surface area contributed by atoms with Gasteiger partial charge >= 0.3 is 12.0 Å². The van der Waals surface area contributed by atoms with Crippen LogP contribution < -0.4 is 27.1 Å². The number of nitrogens with two attached hydrogens (primary N) is 1. The molecule has 0 saturated carbocycles. The van der Waals surface area contributed by atoms with E-state index in [9.17, 15) is 33.9 Å². The SMILES string of the molecule is Cc1nnc(SCC2=C(C(=O)O)N3C(=O)C(NC(=O)C(NC(=O)c4c[nH]ccc4=O)c4ccc(NC(N)=O)cc4)[C@@H]3SC2)s1. The number of carbonyl (C=O) groups is 5. The van der Waals surface area contributed by atoms with Crippen molar-refractivity contribution in [1.29, 1.82) is 0 Å². The Morgan fingerprint density at radius 3 is 2.57 bits per heavy atom. The van der Waals surface area contributed by atoms with Gasteiger partial charge in [-0.1, -0.05) is 35.2 Å². The van der Waals surface area contributed by atoms with Crippen LogP contribution in [0.25, 0.3) is 0 Å². The van der Waals surface area contributed by atoms with Crippen molar-refractivity contribution < 1.29 is 29.1 Å². The lowest BCUT2D eigenvalue weighted by Gasteiger charge is -2.49. The predicted molar refractivity (Wildman–Crippen MR) is 162 cm³/mol. The van der Waals surface area contributed by atoms with Crippen molar-refractivity contribution in [1.82, 2.24) is 30.7 Å². The first kappa shape index (κ1) is 30.8. The number of nitrogens with zero attached hydrogens (tertiary/aromatic N) is 3. The van der Waals surface area contributed by atoms with Crippen LogP contribution in [0, 0.1) is 6.92 Å². The summed E-state index contributed by atoms with van der Waals surface area (Å²) >= 11 is 4.01. The van der Waals surface area contributed by atoms with E-state index in [0.717, 1.165) is 16.0 Å². The van der Waals surface area contributed by atoms with Crippen LogP contribution in [-0.2, 0) is 14.4 Å². The van der Waals surface area contributed by atoms with E-state index in [-0.39, 0.29) is 16.8 Å². The molecule has 44 heavy (non-hydrogen) atoms. The number of rotatable bonds is 10. The Labute approximate surface area is 261 Å². The Morgan fingerprint density at radius 1 is 1.18 bits per heavy atom. The van der Waals surface area contributed by atoms with Crippen LogP contribution >= 0.6 is 34.9 Å². The number of fused-ring (bicyclic) bond motifs is 1. The molecule has 18 heteroatoms. The molecule has 0 spiro atoms. The number of β-lactam (4-membered cyclic amide) rings is 1. The number of aliphatic carboxylic acids is 1. The molecule has 3 aromatic rings. The first-order chi connectivity index (χ1) is 21.0. The number of aromatic amines is 1. The van der Waals surface area contributed by atoms with Gasteiger partial charge in [0.1, 0.15) is 33.7 Å². The van der Waals surface area contributed by atoms with Crippen molar-refractivity contribution in [2.75, 3.05) is 16.8 Å². The highest BCUT2D eigenvalue weighted by Gasteiger charge is 2.54. The van der Waals surface area contributed by atoms with E-state index in [0.29, 0.717) is 27.1 Å².